The number of nitrogens with one attached hydrogen (secondary N) is 1. The lowest BCUT2D eigenvalue weighted by Gasteiger charge is -2.42. The standard InChI is InChI=1S/C18H24N4O.ClH/c1-23-18-8-3-2-7-17(18)22-16(9-10-19-22)13-21-11-14-5-4-6-15(12-21)20-14;/h2-3,7-10,14-15,20H,4-6,11-13H2,1H3;1H. The predicted molar refractivity (Wildman–Crippen MR) is 97.2 cm³/mol. The summed E-state index contributed by atoms with van der Waals surface area (Å²) >= 11 is 0. The van der Waals surface area contributed by atoms with Gasteiger partial charge in [-0.1, -0.05) is 18.6 Å². The molecule has 4 rings (SSSR count). The molecule has 0 amide bonds. The average Bonchev–Trinajstić information content (AvgIpc) is 3.02. The lowest BCUT2D eigenvalue weighted by Crippen LogP contribution is -2.58. The smallest absolute Gasteiger partial charge is 0.144 e. The molecule has 2 aliphatic rings. The van der Waals surface area contributed by atoms with E-state index in [-0.39, 0.29) is 12.4 Å². The number of hydrogen-bond donors (Lipinski definition) is 1. The minimum Gasteiger partial charge on any atom is -0.494 e. The number of fused-ring (bicyclic) bond motifs is 2. The van der Waals surface area contributed by atoms with Crippen LogP contribution >= 0.6 is 12.4 Å². The first-order chi connectivity index (χ1) is 11.3. The predicted octanol–water partition coefficient (Wildman–Crippen LogP) is 2.63. The van der Waals surface area contributed by atoms with Crippen molar-refractivity contribution >= 4 is 12.4 Å². The molecular formula is C18H25ClN4O. The number of para-hydroxylation sites is 2. The van der Waals surface area contributed by atoms with Crippen LogP contribution in [0.15, 0.2) is 36.5 Å². The highest BCUT2D eigenvalue weighted by molar-refractivity contribution is 5.85. The highest BCUT2D eigenvalue weighted by atomic mass is 35.5. The molecule has 2 aromatic rings. The molecule has 2 atom stereocenters. The van der Waals surface area contributed by atoms with E-state index in [0.717, 1.165) is 31.1 Å². The van der Waals surface area contributed by atoms with Crippen molar-refractivity contribution in [2.24, 2.45) is 0 Å². The Morgan fingerprint density at radius 1 is 1.17 bits per heavy atom. The number of hydrogen-bond acceptors (Lipinski definition) is 4. The molecule has 2 aliphatic heterocycles. The van der Waals surface area contributed by atoms with Gasteiger partial charge >= 0.3 is 0 Å². The Hall–Kier alpha value is -1.56. The molecule has 2 saturated heterocycles. The van der Waals surface area contributed by atoms with E-state index in [1.54, 1.807) is 7.11 Å². The van der Waals surface area contributed by atoms with Gasteiger partial charge in [-0.05, 0) is 31.0 Å². The summed E-state index contributed by atoms with van der Waals surface area (Å²) in [6.45, 7) is 3.20. The molecule has 0 aliphatic carbocycles. The molecule has 5 nitrogen and oxygen atoms in total. The maximum atomic E-state index is 5.49. The first-order valence-electron chi connectivity index (χ1n) is 8.48. The van der Waals surface area contributed by atoms with Crippen LogP contribution in [0.3, 0.4) is 0 Å². The molecule has 0 radical (unpaired) electrons. The molecule has 6 heteroatoms. The van der Waals surface area contributed by atoms with E-state index >= 15 is 0 Å². The van der Waals surface area contributed by atoms with Gasteiger partial charge in [-0.25, -0.2) is 4.68 Å². The Balaban J connectivity index is 0.00000169. The molecule has 2 unspecified atom stereocenters. The lowest BCUT2D eigenvalue weighted by molar-refractivity contribution is 0.117. The van der Waals surface area contributed by atoms with Gasteiger partial charge in [0.2, 0.25) is 0 Å². The molecular weight excluding hydrogens is 324 g/mol. The number of likely N-dealkylation sites (tertiary alicyclic amines) is 1. The maximum Gasteiger partial charge on any atom is 0.144 e. The third-order valence-electron chi connectivity index (χ3n) is 4.95. The van der Waals surface area contributed by atoms with E-state index in [9.17, 15) is 0 Å². The highest BCUT2D eigenvalue weighted by Crippen LogP contribution is 2.25. The molecule has 0 saturated carbocycles. The fraction of sp³-hybridized carbons (Fsp3) is 0.500. The quantitative estimate of drug-likeness (QED) is 0.922. The number of aromatic nitrogens is 2. The number of benzene rings is 1. The van der Waals surface area contributed by atoms with Crippen LogP contribution < -0.4 is 10.1 Å². The van der Waals surface area contributed by atoms with Gasteiger partial charge in [-0.3, -0.25) is 4.90 Å². The van der Waals surface area contributed by atoms with Crippen molar-refractivity contribution in [1.29, 1.82) is 0 Å². The Morgan fingerprint density at radius 2 is 1.92 bits per heavy atom. The molecule has 2 bridgehead atoms. The summed E-state index contributed by atoms with van der Waals surface area (Å²) in [4.78, 5) is 2.56. The molecule has 24 heavy (non-hydrogen) atoms. The van der Waals surface area contributed by atoms with Gasteiger partial charge in [0.25, 0.3) is 0 Å². The summed E-state index contributed by atoms with van der Waals surface area (Å²) < 4.78 is 7.50. The molecule has 1 aromatic heterocycles. The zero-order valence-electron chi connectivity index (χ0n) is 14.0. The van der Waals surface area contributed by atoms with Crippen molar-refractivity contribution < 1.29 is 4.74 Å². The van der Waals surface area contributed by atoms with Crippen LogP contribution in [-0.4, -0.2) is 47.0 Å². The van der Waals surface area contributed by atoms with Gasteiger partial charge in [-0.15, -0.1) is 12.4 Å². The fourth-order valence-electron chi connectivity index (χ4n) is 3.93. The second-order valence-electron chi connectivity index (χ2n) is 6.59. The Morgan fingerprint density at radius 3 is 2.67 bits per heavy atom. The normalized spacial score (nSPS) is 23.5. The van der Waals surface area contributed by atoms with E-state index in [4.69, 9.17) is 4.74 Å². The van der Waals surface area contributed by atoms with Crippen molar-refractivity contribution in [2.45, 2.75) is 37.9 Å². The van der Waals surface area contributed by atoms with Gasteiger partial charge in [-0.2, -0.15) is 5.10 Å². The van der Waals surface area contributed by atoms with Gasteiger partial charge < -0.3 is 10.1 Å². The third kappa shape index (κ3) is 3.43. The Labute approximate surface area is 149 Å². The number of halogens is 1. The highest BCUT2D eigenvalue weighted by Gasteiger charge is 2.30. The SMILES string of the molecule is COc1ccccc1-n1nccc1CN1CC2CCCC(C1)N2.Cl. The van der Waals surface area contributed by atoms with Crippen molar-refractivity contribution in [3.05, 3.63) is 42.2 Å². The Kier molecular flexibility index (Phi) is 5.43. The summed E-state index contributed by atoms with van der Waals surface area (Å²) in [6, 6.07) is 11.5. The largest absolute Gasteiger partial charge is 0.494 e. The van der Waals surface area contributed by atoms with Gasteiger partial charge in [0.15, 0.2) is 0 Å². The summed E-state index contributed by atoms with van der Waals surface area (Å²) in [5.74, 6) is 0.856. The third-order valence-corrected chi connectivity index (χ3v) is 4.95. The molecule has 2 fully saturated rings. The van der Waals surface area contributed by atoms with Crippen LogP contribution in [0.25, 0.3) is 5.69 Å². The second kappa shape index (κ2) is 7.55. The Bertz CT molecular complexity index is 663. The van der Waals surface area contributed by atoms with E-state index in [1.807, 2.05) is 29.1 Å². The van der Waals surface area contributed by atoms with Crippen LogP contribution in [0.1, 0.15) is 25.0 Å². The van der Waals surface area contributed by atoms with Crippen LogP contribution in [0.2, 0.25) is 0 Å². The van der Waals surface area contributed by atoms with Gasteiger partial charge in [0.05, 0.1) is 12.8 Å². The molecule has 3 heterocycles. The van der Waals surface area contributed by atoms with Crippen LogP contribution in [0, 0.1) is 0 Å². The summed E-state index contributed by atoms with van der Waals surface area (Å²) in [6.07, 6.45) is 5.86. The maximum absolute atomic E-state index is 5.49. The zero-order chi connectivity index (χ0) is 15.6. The van der Waals surface area contributed by atoms with E-state index in [1.165, 1.54) is 25.0 Å². The van der Waals surface area contributed by atoms with Crippen molar-refractivity contribution in [3.8, 4) is 11.4 Å². The molecule has 130 valence electrons. The summed E-state index contributed by atoms with van der Waals surface area (Å²) in [5.41, 5.74) is 2.22. The molecule has 1 aromatic carbocycles. The first kappa shape index (κ1) is 17.3. The molecule has 1 N–H and O–H groups in total. The number of methoxy groups -OCH3 is 1. The topological polar surface area (TPSA) is 42.3 Å². The van der Waals surface area contributed by atoms with Gasteiger partial charge in [0.1, 0.15) is 11.4 Å². The van der Waals surface area contributed by atoms with E-state index in [0.29, 0.717) is 12.1 Å². The van der Waals surface area contributed by atoms with Crippen molar-refractivity contribution in [2.75, 3.05) is 20.2 Å². The average molecular weight is 349 g/mol. The first-order valence-corrected chi connectivity index (χ1v) is 8.48. The van der Waals surface area contributed by atoms with Crippen LogP contribution in [-0.2, 0) is 6.54 Å². The monoisotopic (exact) mass is 348 g/mol. The number of ether oxygens (including phenoxy) is 1. The number of piperazine rings is 1. The number of rotatable bonds is 4. The second-order valence-corrected chi connectivity index (χ2v) is 6.59. The lowest BCUT2D eigenvalue weighted by atomic mass is 9.94. The minimum atomic E-state index is 0. The van der Waals surface area contributed by atoms with Crippen LogP contribution in [0.4, 0.5) is 0 Å². The van der Waals surface area contributed by atoms with Crippen LogP contribution in [0.5, 0.6) is 5.75 Å². The molecule has 0 spiro atoms. The summed E-state index contributed by atoms with van der Waals surface area (Å²) in [7, 11) is 1.71. The van der Waals surface area contributed by atoms with Crippen molar-refractivity contribution in [3.63, 3.8) is 0 Å². The van der Waals surface area contributed by atoms with Crippen molar-refractivity contribution in [1.82, 2.24) is 20.0 Å². The van der Waals surface area contributed by atoms with E-state index < -0.39 is 0 Å². The number of piperidine rings is 1. The van der Waals surface area contributed by atoms with Gasteiger partial charge in [0, 0.05) is 37.9 Å². The minimum absolute atomic E-state index is 0. The van der Waals surface area contributed by atoms with E-state index in [2.05, 4.69) is 27.4 Å². The fourth-order valence-corrected chi connectivity index (χ4v) is 3.93. The number of nitrogens with zero attached hydrogens (tertiary/aromatic N) is 3. The summed E-state index contributed by atoms with van der Waals surface area (Å²) in [5, 5.41) is 8.27. The zero-order valence-corrected chi connectivity index (χ0v) is 14.8.